The molecule has 2 fully saturated rings. The number of aromatic amines is 1. The fourth-order valence-corrected chi connectivity index (χ4v) is 4.08. The van der Waals surface area contributed by atoms with E-state index in [2.05, 4.69) is 39.6 Å². The van der Waals surface area contributed by atoms with E-state index < -0.39 is 0 Å². The van der Waals surface area contributed by atoms with Crippen LogP contribution in [-0.2, 0) is 17.9 Å². The van der Waals surface area contributed by atoms with Crippen molar-refractivity contribution in [3.05, 3.63) is 71.9 Å². The summed E-state index contributed by atoms with van der Waals surface area (Å²) in [5, 5.41) is 6.30. The number of carbonyl (C=O) groups excluding carboxylic acids is 1. The van der Waals surface area contributed by atoms with E-state index >= 15 is 0 Å². The Morgan fingerprint density at radius 2 is 1.61 bits per heavy atom. The lowest BCUT2D eigenvalue weighted by molar-refractivity contribution is 0.0701. The number of nitrogens with one attached hydrogen (secondary N) is 2. The Morgan fingerprint density at radius 1 is 0.909 bits per heavy atom. The number of aromatic nitrogens is 1. The minimum Gasteiger partial charge on any atom is -0.445 e. The molecule has 4 N–H and O–H groups in total. The van der Waals surface area contributed by atoms with E-state index in [0.29, 0.717) is 19.7 Å². The molecule has 2 aromatic carbocycles. The largest absolute Gasteiger partial charge is 0.445 e. The molecule has 3 aromatic rings. The van der Waals surface area contributed by atoms with Gasteiger partial charge in [0.15, 0.2) is 0 Å². The van der Waals surface area contributed by atoms with Gasteiger partial charge in [-0.05, 0) is 17.2 Å². The summed E-state index contributed by atoms with van der Waals surface area (Å²) in [4.78, 5) is 19.8. The highest BCUT2D eigenvalue weighted by Gasteiger charge is 2.22. The minimum absolute atomic E-state index is 0.222. The minimum atomic E-state index is -0.222. The topological polar surface area (TPSA) is 89.9 Å². The average Bonchev–Trinajstić information content (AvgIpc) is 3.27. The summed E-state index contributed by atoms with van der Waals surface area (Å²) in [7, 11) is 0. The molecule has 0 radical (unpaired) electrons. The van der Waals surface area contributed by atoms with Crippen LogP contribution in [0.25, 0.3) is 10.9 Å². The number of nitrogens with two attached hydrogens (primary N) is 1. The van der Waals surface area contributed by atoms with Crippen LogP contribution in [0.5, 0.6) is 0 Å². The lowest BCUT2D eigenvalue weighted by atomic mass is 10.1. The monoisotopic (exact) mass is 450 g/mol. The lowest BCUT2D eigenvalue weighted by Gasteiger charge is -2.34. The second kappa shape index (κ2) is 11.8. The molecule has 2 saturated heterocycles. The molecule has 8 heteroatoms. The summed E-state index contributed by atoms with van der Waals surface area (Å²) in [5.41, 5.74) is 3.49. The van der Waals surface area contributed by atoms with Crippen molar-refractivity contribution in [2.75, 3.05) is 52.4 Å². The summed E-state index contributed by atoms with van der Waals surface area (Å²) in [6.07, 6.45) is 1.87. The van der Waals surface area contributed by atoms with Gasteiger partial charge >= 0.3 is 6.09 Å². The van der Waals surface area contributed by atoms with E-state index in [-0.39, 0.29) is 6.09 Å². The number of piperazine rings is 2. The van der Waals surface area contributed by atoms with Crippen LogP contribution < -0.4 is 11.2 Å². The number of ether oxygens (including phenoxy) is 1. The molecule has 5 rings (SSSR count). The van der Waals surface area contributed by atoms with E-state index in [1.807, 2.05) is 41.4 Å². The highest BCUT2D eigenvalue weighted by Crippen LogP contribution is 2.20. The molecule has 176 valence electrons. The Bertz CT molecular complexity index is 994. The molecule has 1 amide bonds. The number of hydrogen-bond acceptors (Lipinski definition) is 6. The first kappa shape index (κ1) is 23.3. The van der Waals surface area contributed by atoms with Gasteiger partial charge in [-0.25, -0.2) is 9.80 Å². The Labute approximate surface area is 195 Å². The fourth-order valence-electron chi connectivity index (χ4n) is 4.08. The maximum Gasteiger partial charge on any atom is 0.410 e. The van der Waals surface area contributed by atoms with Gasteiger partial charge in [-0.1, -0.05) is 48.5 Å². The van der Waals surface area contributed by atoms with Gasteiger partial charge in [0.2, 0.25) is 0 Å². The van der Waals surface area contributed by atoms with Crippen molar-refractivity contribution in [1.29, 1.82) is 0 Å². The zero-order valence-corrected chi connectivity index (χ0v) is 19.1. The molecular weight excluding hydrogens is 416 g/mol. The highest BCUT2D eigenvalue weighted by molar-refractivity contribution is 5.82. The third kappa shape index (κ3) is 6.79. The number of hydrazine groups is 1. The SMILES string of the molecule is NN1CCNCC1.O=C(OCc1ccccc1)N1CCN(Cc2c[nH]c3ccccc23)CC1. The van der Waals surface area contributed by atoms with Gasteiger partial charge in [-0.3, -0.25) is 10.7 Å². The van der Waals surface area contributed by atoms with Crippen LogP contribution in [0.1, 0.15) is 11.1 Å². The Kier molecular flexibility index (Phi) is 8.32. The van der Waals surface area contributed by atoms with Crippen LogP contribution in [0, 0.1) is 0 Å². The van der Waals surface area contributed by atoms with Crippen LogP contribution in [0.4, 0.5) is 4.79 Å². The normalized spacial score (nSPS) is 17.4. The zero-order valence-electron chi connectivity index (χ0n) is 19.1. The van der Waals surface area contributed by atoms with E-state index in [0.717, 1.165) is 51.4 Å². The van der Waals surface area contributed by atoms with Crippen molar-refractivity contribution in [2.45, 2.75) is 13.2 Å². The maximum absolute atomic E-state index is 12.3. The van der Waals surface area contributed by atoms with Crippen molar-refractivity contribution in [3.8, 4) is 0 Å². The third-order valence-electron chi connectivity index (χ3n) is 6.06. The molecule has 2 aliphatic heterocycles. The number of hydrogen-bond donors (Lipinski definition) is 3. The van der Waals surface area contributed by atoms with Crippen LogP contribution in [0.15, 0.2) is 60.8 Å². The van der Waals surface area contributed by atoms with Gasteiger partial charge < -0.3 is 19.9 Å². The van der Waals surface area contributed by atoms with Crippen LogP contribution >= 0.6 is 0 Å². The number of rotatable bonds is 4. The first-order valence-corrected chi connectivity index (χ1v) is 11.6. The van der Waals surface area contributed by atoms with Gasteiger partial charge in [0, 0.05) is 76.0 Å². The molecule has 1 aromatic heterocycles. The summed E-state index contributed by atoms with van der Waals surface area (Å²) in [5.74, 6) is 5.43. The summed E-state index contributed by atoms with van der Waals surface area (Å²) in [6, 6.07) is 18.1. The highest BCUT2D eigenvalue weighted by atomic mass is 16.6. The molecular formula is C25H34N6O2. The second-order valence-corrected chi connectivity index (χ2v) is 8.45. The van der Waals surface area contributed by atoms with Gasteiger partial charge in [-0.2, -0.15) is 0 Å². The third-order valence-corrected chi connectivity index (χ3v) is 6.06. The summed E-state index contributed by atoms with van der Waals surface area (Å²) in [6.45, 7) is 8.41. The molecule has 8 nitrogen and oxygen atoms in total. The quantitative estimate of drug-likeness (QED) is 0.529. The van der Waals surface area contributed by atoms with E-state index in [1.165, 1.54) is 16.5 Å². The smallest absolute Gasteiger partial charge is 0.410 e. The van der Waals surface area contributed by atoms with E-state index in [1.54, 1.807) is 4.90 Å². The maximum atomic E-state index is 12.3. The van der Waals surface area contributed by atoms with E-state index in [9.17, 15) is 4.79 Å². The fraction of sp³-hybridized carbons (Fsp3) is 0.400. The molecule has 33 heavy (non-hydrogen) atoms. The number of para-hydroxylation sites is 1. The molecule has 0 atom stereocenters. The standard InChI is InChI=1S/C21H23N3O2.C4H11N3/c25-21(26-16-17-6-2-1-3-7-17)24-12-10-23(11-13-24)15-18-14-22-20-9-5-4-8-19(18)20;5-7-3-1-6-2-4-7/h1-9,14,22H,10-13,15-16H2;6H,1-5H2. The van der Waals surface area contributed by atoms with Crippen molar-refractivity contribution >= 4 is 17.0 Å². The molecule has 3 heterocycles. The second-order valence-electron chi connectivity index (χ2n) is 8.45. The molecule has 0 bridgehead atoms. The number of fused-ring (bicyclic) bond motifs is 1. The Morgan fingerprint density at radius 3 is 2.30 bits per heavy atom. The molecule has 0 aliphatic carbocycles. The number of H-pyrrole nitrogens is 1. The molecule has 0 spiro atoms. The van der Waals surface area contributed by atoms with Crippen molar-refractivity contribution < 1.29 is 9.53 Å². The Balaban J connectivity index is 0.000000318. The summed E-state index contributed by atoms with van der Waals surface area (Å²) < 4.78 is 5.43. The van der Waals surface area contributed by atoms with Crippen LogP contribution in [0.2, 0.25) is 0 Å². The number of amides is 1. The number of benzene rings is 2. The Hall–Kier alpha value is -2.91. The van der Waals surface area contributed by atoms with E-state index in [4.69, 9.17) is 10.6 Å². The first-order valence-electron chi connectivity index (χ1n) is 11.6. The molecule has 2 aliphatic rings. The van der Waals surface area contributed by atoms with Crippen molar-refractivity contribution in [3.63, 3.8) is 0 Å². The van der Waals surface area contributed by atoms with Gasteiger partial charge in [-0.15, -0.1) is 0 Å². The number of nitrogens with zero attached hydrogens (tertiary/aromatic N) is 3. The molecule has 0 saturated carbocycles. The van der Waals surface area contributed by atoms with Crippen molar-refractivity contribution in [1.82, 2.24) is 25.1 Å². The van der Waals surface area contributed by atoms with Gasteiger partial charge in [0.25, 0.3) is 0 Å². The predicted molar refractivity (Wildman–Crippen MR) is 130 cm³/mol. The van der Waals surface area contributed by atoms with Crippen LogP contribution in [0.3, 0.4) is 0 Å². The zero-order chi connectivity index (χ0) is 22.9. The number of carbonyl (C=O) groups is 1. The van der Waals surface area contributed by atoms with Crippen LogP contribution in [-0.4, -0.2) is 78.2 Å². The predicted octanol–water partition coefficient (Wildman–Crippen LogP) is 2.39. The average molecular weight is 451 g/mol. The van der Waals surface area contributed by atoms with Crippen molar-refractivity contribution in [2.24, 2.45) is 5.84 Å². The molecule has 0 unspecified atom stereocenters. The lowest BCUT2D eigenvalue weighted by Crippen LogP contribution is -2.48. The first-order chi connectivity index (χ1) is 16.2. The van der Waals surface area contributed by atoms with Gasteiger partial charge in [0.05, 0.1) is 0 Å². The summed E-state index contributed by atoms with van der Waals surface area (Å²) >= 11 is 0. The van der Waals surface area contributed by atoms with Gasteiger partial charge in [0.1, 0.15) is 6.61 Å².